The number of fused-ring (bicyclic) bond motifs is 2. The van der Waals surface area contributed by atoms with Crippen molar-refractivity contribution in [1.82, 2.24) is 24.2 Å². The van der Waals surface area contributed by atoms with Crippen LogP contribution in [0.1, 0.15) is 32.1 Å². The Morgan fingerprint density at radius 3 is 2.69 bits per heavy atom. The van der Waals surface area contributed by atoms with Crippen molar-refractivity contribution >= 4 is 16.9 Å². The maximum atomic E-state index is 12.9. The molecule has 2 unspecified atom stereocenters. The zero-order valence-electron chi connectivity index (χ0n) is 16.4. The predicted molar refractivity (Wildman–Crippen MR) is 110 cm³/mol. The van der Waals surface area contributed by atoms with Crippen molar-refractivity contribution in [1.29, 1.82) is 0 Å². The van der Waals surface area contributed by atoms with Crippen LogP contribution in [0.4, 0.5) is 0 Å². The summed E-state index contributed by atoms with van der Waals surface area (Å²) in [7, 11) is 0. The third-order valence-electron chi connectivity index (χ3n) is 6.50. The molecular weight excluding hydrogens is 366 g/mol. The molecule has 7 heteroatoms. The van der Waals surface area contributed by atoms with Crippen LogP contribution in [0.25, 0.3) is 16.7 Å². The van der Waals surface area contributed by atoms with E-state index in [9.17, 15) is 9.59 Å². The topological polar surface area (TPSA) is 73.0 Å². The number of likely N-dealkylation sites (tertiary alicyclic amines) is 1. The number of hydrogen-bond donors (Lipinski definition) is 0. The fourth-order valence-corrected chi connectivity index (χ4v) is 4.89. The summed E-state index contributed by atoms with van der Waals surface area (Å²) in [5.41, 5.74) is 1.13. The van der Waals surface area contributed by atoms with Crippen LogP contribution < -0.4 is 5.56 Å². The standard InChI is InChI=1S/C22H25N5O2/c28-20(25-11-10-16-6-4-5-7-17(16)13-25)14-26-15-23-21-19(22(26)29)12-24-27(21)18-8-2-1-3-9-18/h1-3,8-9,12,15-17H,4-7,10-11,13-14H2. The summed E-state index contributed by atoms with van der Waals surface area (Å²) in [6, 6.07) is 9.59. The molecule has 1 aromatic carbocycles. The molecule has 150 valence electrons. The monoisotopic (exact) mass is 391 g/mol. The van der Waals surface area contributed by atoms with Gasteiger partial charge in [-0.1, -0.05) is 37.5 Å². The first kappa shape index (κ1) is 18.1. The highest BCUT2D eigenvalue weighted by Gasteiger charge is 2.33. The Hall–Kier alpha value is -2.96. The van der Waals surface area contributed by atoms with Crippen LogP contribution in [0, 0.1) is 11.8 Å². The van der Waals surface area contributed by atoms with E-state index in [1.54, 1.807) is 4.68 Å². The highest BCUT2D eigenvalue weighted by molar-refractivity contribution is 5.78. The number of rotatable bonds is 3. The molecule has 0 bridgehead atoms. The third kappa shape index (κ3) is 3.34. The van der Waals surface area contributed by atoms with Gasteiger partial charge in [-0.25, -0.2) is 9.67 Å². The summed E-state index contributed by atoms with van der Waals surface area (Å²) in [5.74, 6) is 1.41. The van der Waals surface area contributed by atoms with Gasteiger partial charge in [0.05, 0.1) is 11.9 Å². The Bertz CT molecular complexity index is 1090. The van der Waals surface area contributed by atoms with Gasteiger partial charge in [0.25, 0.3) is 5.56 Å². The van der Waals surface area contributed by atoms with Crippen LogP contribution in [0.15, 0.2) is 47.7 Å². The van der Waals surface area contributed by atoms with E-state index in [1.165, 1.54) is 42.8 Å². The molecule has 0 N–H and O–H groups in total. The van der Waals surface area contributed by atoms with Crippen LogP contribution in [-0.2, 0) is 11.3 Å². The summed E-state index contributed by atoms with van der Waals surface area (Å²) in [6.07, 6.45) is 9.22. The molecule has 2 atom stereocenters. The van der Waals surface area contributed by atoms with Gasteiger partial charge in [0.1, 0.15) is 18.3 Å². The first-order chi connectivity index (χ1) is 14.2. The minimum Gasteiger partial charge on any atom is -0.341 e. The van der Waals surface area contributed by atoms with Crippen LogP contribution >= 0.6 is 0 Å². The van der Waals surface area contributed by atoms with Gasteiger partial charge in [-0.3, -0.25) is 14.2 Å². The minimum atomic E-state index is -0.224. The number of benzene rings is 1. The van der Waals surface area contributed by atoms with Crippen molar-refractivity contribution in [3.8, 4) is 5.69 Å². The smallest absolute Gasteiger partial charge is 0.264 e. The van der Waals surface area contributed by atoms with E-state index < -0.39 is 0 Å². The summed E-state index contributed by atoms with van der Waals surface area (Å²) in [5, 5.41) is 4.75. The molecule has 1 aliphatic carbocycles. The van der Waals surface area contributed by atoms with Crippen LogP contribution in [0.5, 0.6) is 0 Å². The molecule has 3 aromatic rings. The Labute approximate surface area is 169 Å². The zero-order valence-corrected chi connectivity index (χ0v) is 16.4. The molecule has 1 amide bonds. The lowest BCUT2D eigenvalue weighted by molar-refractivity contribution is -0.135. The summed E-state index contributed by atoms with van der Waals surface area (Å²) >= 11 is 0. The molecule has 1 saturated carbocycles. The van der Waals surface area contributed by atoms with Crippen molar-refractivity contribution < 1.29 is 4.79 Å². The van der Waals surface area contributed by atoms with E-state index in [4.69, 9.17) is 0 Å². The lowest BCUT2D eigenvalue weighted by Crippen LogP contribution is -2.46. The molecule has 5 rings (SSSR count). The van der Waals surface area contributed by atoms with E-state index in [-0.39, 0.29) is 18.0 Å². The lowest BCUT2D eigenvalue weighted by atomic mass is 9.75. The molecule has 2 aliphatic rings. The average Bonchev–Trinajstić information content (AvgIpc) is 3.21. The van der Waals surface area contributed by atoms with E-state index in [1.807, 2.05) is 35.2 Å². The second-order valence-electron chi connectivity index (χ2n) is 8.24. The Kier molecular flexibility index (Phi) is 4.66. The van der Waals surface area contributed by atoms with Crippen molar-refractivity contribution in [2.75, 3.05) is 13.1 Å². The van der Waals surface area contributed by atoms with Gasteiger partial charge in [-0.05, 0) is 36.8 Å². The molecule has 2 aromatic heterocycles. The Morgan fingerprint density at radius 2 is 1.86 bits per heavy atom. The molecule has 2 fully saturated rings. The minimum absolute atomic E-state index is 0.00715. The number of carbonyl (C=O) groups is 1. The predicted octanol–water partition coefficient (Wildman–Crippen LogP) is 2.62. The normalized spacial score (nSPS) is 21.9. The van der Waals surface area contributed by atoms with Gasteiger partial charge < -0.3 is 4.90 Å². The SMILES string of the molecule is O=C(Cn1cnc2c(cnn2-c2ccccc2)c1=O)N1CCC2CCCCC2C1. The van der Waals surface area contributed by atoms with Gasteiger partial charge >= 0.3 is 0 Å². The van der Waals surface area contributed by atoms with E-state index >= 15 is 0 Å². The summed E-state index contributed by atoms with van der Waals surface area (Å²) in [6.45, 7) is 1.67. The second-order valence-corrected chi connectivity index (χ2v) is 8.24. The molecule has 0 radical (unpaired) electrons. The van der Waals surface area contributed by atoms with E-state index in [0.717, 1.165) is 31.1 Å². The van der Waals surface area contributed by atoms with Crippen LogP contribution in [0.3, 0.4) is 0 Å². The number of carbonyl (C=O) groups excluding carboxylic acids is 1. The van der Waals surface area contributed by atoms with E-state index in [0.29, 0.717) is 17.0 Å². The molecular formula is C22H25N5O2. The first-order valence-corrected chi connectivity index (χ1v) is 10.5. The molecule has 0 spiro atoms. The van der Waals surface area contributed by atoms with Crippen molar-refractivity contribution in [3.63, 3.8) is 0 Å². The summed E-state index contributed by atoms with van der Waals surface area (Å²) < 4.78 is 3.06. The molecule has 1 saturated heterocycles. The van der Waals surface area contributed by atoms with Gasteiger partial charge in [0.2, 0.25) is 5.91 Å². The summed E-state index contributed by atoms with van der Waals surface area (Å²) in [4.78, 5) is 32.2. The quantitative estimate of drug-likeness (QED) is 0.688. The highest BCUT2D eigenvalue weighted by atomic mass is 16.2. The lowest BCUT2D eigenvalue weighted by Gasteiger charge is -2.41. The third-order valence-corrected chi connectivity index (χ3v) is 6.50. The average molecular weight is 391 g/mol. The molecule has 3 heterocycles. The highest BCUT2D eigenvalue weighted by Crippen LogP contribution is 2.36. The largest absolute Gasteiger partial charge is 0.341 e. The molecule has 1 aliphatic heterocycles. The van der Waals surface area contributed by atoms with Gasteiger partial charge in [0.15, 0.2) is 5.65 Å². The first-order valence-electron chi connectivity index (χ1n) is 10.5. The number of amides is 1. The van der Waals surface area contributed by atoms with Crippen molar-refractivity contribution in [2.45, 2.75) is 38.6 Å². The van der Waals surface area contributed by atoms with Gasteiger partial charge in [-0.15, -0.1) is 0 Å². The van der Waals surface area contributed by atoms with Crippen LogP contribution in [0.2, 0.25) is 0 Å². The van der Waals surface area contributed by atoms with Crippen molar-refractivity contribution in [2.24, 2.45) is 11.8 Å². The fraction of sp³-hybridized carbons (Fsp3) is 0.455. The number of para-hydroxylation sites is 1. The maximum Gasteiger partial charge on any atom is 0.264 e. The van der Waals surface area contributed by atoms with Crippen molar-refractivity contribution in [3.05, 3.63) is 53.2 Å². The number of piperidine rings is 1. The Morgan fingerprint density at radius 1 is 1.07 bits per heavy atom. The maximum absolute atomic E-state index is 12.9. The van der Waals surface area contributed by atoms with E-state index in [2.05, 4.69) is 10.1 Å². The molecule has 29 heavy (non-hydrogen) atoms. The molecule has 7 nitrogen and oxygen atoms in total. The number of aromatic nitrogens is 4. The number of nitrogens with zero attached hydrogens (tertiary/aromatic N) is 5. The van der Waals surface area contributed by atoms with Crippen LogP contribution in [-0.4, -0.2) is 43.2 Å². The Balaban J connectivity index is 1.36. The van der Waals surface area contributed by atoms with Gasteiger partial charge in [0, 0.05) is 13.1 Å². The van der Waals surface area contributed by atoms with Gasteiger partial charge in [-0.2, -0.15) is 5.10 Å². The second kappa shape index (κ2) is 7.46. The number of hydrogen-bond acceptors (Lipinski definition) is 4. The zero-order chi connectivity index (χ0) is 19.8. The fourth-order valence-electron chi connectivity index (χ4n) is 4.89.